The van der Waals surface area contributed by atoms with E-state index in [0.717, 1.165) is 32.9 Å². The predicted molar refractivity (Wildman–Crippen MR) is 153 cm³/mol. The van der Waals surface area contributed by atoms with Gasteiger partial charge in [-0.25, -0.2) is 5.01 Å². The van der Waals surface area contributed by atoms with Crippen molar-refractivity contribution in [1.29, 1.82) is 0 Å². The van der Waals surface area contributed by atoms with Crippen molar-refractivity contribution < 1.29 is 13.2 Å². The molecule has 5 rings (SSSR count). The minimum Gasteiger partial charge on any atom is -0.324 e. The van der Waals surface area contributed by atoms with Gasteiger partial charge in [0.1, 0.15) is 10.4 Å². The van der Waals surface area contributed by atoms with Crippen LogP contribution >= 0.6 is 23.1 Å². The van der Waals surface area contributed by atoms with Crippen molar-refractivity contribution in [3.05, 3.63) is 94.0 Å². The van der Waals surface area contributed by atoms with Gasteiger partial charge in [-0.3, -0.25) is 0 Å². The Morgan fingerprint density at radius 3 is 2.33 bits per heavy atom. The molecule has 1 N–H and O–H groups in total. The molecule has 11 heteroatoms. The maximum atomic E-state index is 13.6. The molecule has 1 aliphatic rings. The Balaban J connectivity index is 1.50. The summed E-state index contributed by atoms with van der Waals surface area (Å²) in [4.78, 5) is 4.75. The van der Waals surface area contributed by atoms with Crippen molar-refractivity contribution >= 4 is 44.9 Å². The van der Waals surface area contributed by atoms with Crippen LogP contribution in [0.25, 0.3) is 11.1 Å². The van der Waals surface area contributed by atoms with E-state index in [4.69, 9.17) is 10.1 Å². The summed E-state index contributed by atoms with van der Waals surface area (Å²) in [7, 11) is 0. The number of nitrogens with one attached hydrogen (secondary N) is 1. The van der Waals surface area contributed by atoms with Crippen molar-refractivity contribution in [2.24, 2.45) is 10.1 Å². The molecule has 0 fully saturated rings. The predicted octanol–water partition coefficient (Wildman–Crippen LogP) is 8.33. The van der Waals surface area contributed by atoms with Crippen LogP contribution in [-0.2, 0) is 6.18 Å². The first-order valence-electron chi connectivity index (χ1n) is 12.1. The third-order valence-corrected chi connectivity index (χ3v) is 8.04. The number of anilines is 1. The average Bonchev–Trinajstić information content (AvgIpc) is 3.50. The molecule has 1 unspecified atom stereocenters. The number of guanidine groups is 1. The third kappa shape index (κ3) is 5.99. The topological polar surface area (TPSA) is 65.8 Å². The second-order valence-electron chi connectivity index (χ2n) is 9.06. The Morgan fingerprint density at radius 2 is 1.67 bits per heavy atom. The van der Waals surface area contributed by atoms with E-state index in [0.29, 0.717) is 16.7 Å². The van der Waals surface area contributed by atoms with Crippen LogP contribution in [0.15, 0.2) is 76.8 Å². The van der Waals surface area contributed by atoms with E-state index in [1.807, 2.05) is 51.1 Å². The zero-order chi connectivity index (χ0) is 27.7. The smallest absolute Gasteiger partial charge is 0.324 e. The third-order valence-electron chi connectivity index (χ3n) is 6.19. The van der Waals surface area contributed by atoms with Gasteiger partial charge in [0.05, 0.1) is 10.6 Å². The molecule has 0 aliphatic carbocycles. The molecular formula is C28H25F3N6S2. The molecule has 1 atom stereocenters. The number of halogens is 3. The first kappa shape index (κ1) is 26.9. The quantitative estimate of drug-likeness (QED) is 0.199. The van der Waals surface area contributed by atoms with E-state index in [-0.39, 0.29) is 10.9 Å². The van der Waals surface area contributed by atoms with E-state index >= 15 is 0 Å². The number of hydrazone groups is 1. The molecule has 0 saturated carbocycles. The Kier molecular flexibility index (Phi) is 7.46. The van der Waals surface area contributed by atoms with Gasteiger partial charge in [-0.05, 0) is 73.7 Å². The van der Waals surface area contributed by atoms with Crippen molar-refractivity contribution in [1.82, 2.24) is 15.2 Å². The fourth-order valence-electron chi connectivity index (χ4n) is 4.12. The van der Waals surface area contributed by atoms with E-state index in [9.17, 15) is 13.2 Å². The lowest BCUT2D eigenvalue weighted by molar-refractivity contribution is -0.137. The molecule has 6 nitrogen and oxygen atoms in total. The molecule has 200 valence electrons. The first-order chi connectivity index (χ1) is 18.6. The normalized spacial score (nSPS) is 16.0. The van der Waals surface area contributed by atoms with Crippen LogP contribution in [-0.4, -0.2) is 26.2 Å². The highest BCUT2D eigenvalue weighted by Crippen LogP contribution is 2.42. The van der Waals surface area contributed by atoms with Crippen LogP contribution in [0, 0.1) is 20.8 Å². The van der Waals surface area contributed by atoms with Gasteiger partial charge in [-0.2, -0.15) is 23.3 Å². The molecule has 0 bridgehead atoms. The van der Waals surface area contributed by atoms with Crippen LogP contribution in [0.2, 0.25) is 0 Å². The van der Waals surface area contributed by atoms with Gasteiger partial charge in [0.2, 0.25) is 11.1 Å². The average molecular weight is 567 g/mol. The minimum atomic E-state index is -4.44. The highest BCUT2D eigenvalue weighted by Gasteiger charge is 2.34. The molecule has 1 aromatic heterocycles. The maximum absolute atomic E-state index is 13.6. The Hall–Kier alpha value is -3.70. The molecule has 0 amide bonds. The number of hydrogen-bond donors (Lipinski definition) is 1. The molecule has 4 aromatic rings. The summed E-state index contributed by atoms with van der Waals surface area (Å²) in [5, 5.41) is 20.0. The summed E-state index contributed by atoms with van der Waals surface area (Å²) in [6.07, 6.45) is -4.44. The van der Waals surface area contributed by atoms with Gasteiger partial charge >= 0.3 is 6.18 Å². The maximum Gasteiger partial charge on any atom is 0.417 e. The fourth-order valence-corrected chi connectivity index (χ4v) is 5.68. The fraction of sp³-hybridized carbons (Fsp3) is 0.214. The lowest BCUT2D eigenvalue weighted by Crippen LogP contribution is -2.32. The number of aromatic nitrogens is 2. The Morgan fingerprint density at radius 1 is 0.923 bits per heavy atom. The van der Waals surface area contributed by atoms with Crippen molar-refractivity contribution in [3.8, 4) is 11.1 Å². The number of hydrogen-bond acceptors (Lipinski definition) is 6. The van der Waals surface area contributed by atoms with Crippen LogP contribution in [0.1, 0.15) is 39.6 Å². The van der Waals surface area contributed by atoms with Gasteiger partial charge in [-0.15, -0.1) is 10.2 Å². The summed E-state index contributed by atoms with van der Waals surface area (Å²) in [5.41, 5.74) is 4.00. The second-order valence-corrected chi connectivity index (χ2v) is 11.5. The minimum absolute atomic E-state index is 0.144. The standard InChI is InChI=1S/C28H25F3N6S2/c1-16-9-14-22(15-17(16)2)32-26(33-27-35-34-18(3)39-27)37-25(38-19(4)36-37)21-12-10-20(11-13-21)23-7-5-6-8-24(23)28(29,30)31/h5-15,25H,1-4H3,(H,32,33,35). The lowest BCUT2D eigenvalue weighted by atomic mass is 9.98. The van der Waals surface area contributed by atoms with Crippen molar-refractivity contribution in [3.63, 3.8) is 0 Å². The van der Waals surface area contributed by atoms with Gasteiger partial charge in [0.25, 0.3) is 0 Å². The molecule has 2 heterocycles. The van der Waals surface area contributed by atoms with Crippen molar-refractivity contribution in [2.75, 3.05) is 5.32 Å². The zero-order valence-corrected chi connectivity index (χ0v) is 23.2. The first-order valence-corrected chi connectivity index (χ1v) is 13.8. The second kappa shape index (κ2) is 10.8. The molecule has 0 spiro atoms. The number of nitrogens with zero attached hydrogens (tertiary/aromatic N) is 5. The Bertz CT molecular complexity index is 1560. The lowest BCUT2D eigenvalue weighted by Gasteiger charge is -2.25. The molecule has 0 saturated heterocycles. The van der Waals surface area contributed by atoms with Crippen LogP contribution in [0.3, 0.4) is 0 Å². The van der Waals surface area contributed by atoms with Gasteiger partial charge in [-0.1, -0.05) is 71.6 Å². The van der Waals surface area contributed by atoms with Gasteiger partial charge in [0.15, 0.2) is 0 Å². The summed E-state index contributed by atoms with van der Waals surface area (Å²) in [5.74, 6) is 0.468. The molecule has 39 heavy (non-hydrogen) atoms. The van der Waals surface area contributed by atoms with Crippen LogP contribution < -0.4 is 5.32 Å². The molecule has 0 radical (unpaired) electrons. The summed E-state index contributed by atoms with van der Waals surface area (Å²) < 4.78 is 40.8. The van der Waals surface area contributed by atoms with E-state index in [1.54, 1.807) is 23.2 Å². The van der Waals surface area contributed by atoms with Crippen LogP contribution in [0.4, 0.5) is 24.0 Å². The van der Waals surface area contributed by atoms with E-state index in [2.05, 4.69) is 22.4 Å². The largest absolute Gasteiger partial charge is 0.417 e. The van der Waals surface area contributed by atoms with E-state index in [1.165, 1.54) is 40.8 Å². The number of aryl methyl sites for hydroxylation is 3. The summed E-state index contributed by atoms with van der Waals surface area (Å²) >= 11 is 2.91. The monoisotopic (exact) mass is 566 g/mol. The molecule has 3 aromatic carbocycles. The SMILES string of the molecule is CC1=NN(/C(=N/c2nnc(C)s2)Nc2ccc(C)c(C)c2)C(c2ccc(-c3ccccc3C(F)(F)F)cc2)S1. The number of aliphatic imine (C=N–C) groups is 1. The number of thioether (sulfide) groups is 1. The van der Waals surface area contributed by atoms with Crippen LogP contribution in [0.5, 0.6) is 0 Å². The molecular weight excluding hydrogens is 541 g/mol. The summed E-state index contributed by atoms with van der Waals surface area (Å²) in [6.45, 7) is 7.87. The highest BCUT2D eigenvalue weighted by molar-refractivity contribution is 8.14. The van der Waals surface area contributed by atoms with E-state index < -0.39 is 11.7 Å². The number of benzene rings is 3. The Labute approximate surface area is 232 Å². The number of alkyl halides is 3. The number of rotatable bonds is 4. The van der Waals surface area contributed by atoms with Crippen molar-refractivity contribution in [2.45, 2.75) is 39.2 Å². The van der Waals surface area contributed by atoms with Gasteiger partial charge < -0.3 is 5.32 Å². The molecule has 1 aliphatic heterocycles. The summed E-state index contributed by atoms with van der Waals surface area (Å²) in [6, 6.07) is 18.8. The highest BCUT2D eigenvalue weighted by atomic mass is 32.2. The van der Waals surface area contributed by atoms with Gasteiger partial charge in [0, 0.05) is 5.69 Å². The zero-order valence-electron chi connectivity index (χ0n) is 21.6.